The van der Waals surface area contributed by atoms with E-state index in [0.29, 0.717) is 6.61 Å². The minimum atomic E-state index is 0.0235. The molecule has 1 N–H and O–H groups in total. The van der Waals surface area contributed by atoms with E-state index in [9.17, 15) is 0 Å². The molecule has 1 unspecified atom stereocenters. The number of aliphatic imine (C=N–C) groups is 1. The molecule has 0 radical (unpaired) electrons. The third-order valence-corrected chi connectivity index (χ3v) is 4.58. The van der Waals surface area contributed by atoms with Crippen LogP contribution in [0.3, 0.4) is 0 Å². The van der Waals surface area contributed by atoms with Gasteiger partial charge in [0.15, 0.2) is 5.96 Å². The summed E-state index contributed by atoms with van der Waals surface area (Å²) in [5, 5.41) is 7.71. The van der Waals surface area contributed by atoms with E-state index in [-0.39, 0.29) is 6.10 Å². The summed E-state index contributed by atoms with van der Waals surface area (Å²) in [6.07, 6.45) is 3.91. The van der Waals surface area contributed by atoms with E-state index in [1.807, 2.05) is 45.3 Å². The number of nitrogens with zero attached hydrogens (tertiary/aromatic N) is 5. The molecule has 2 heterocycles. The van der Waals surface area contributed by atoms with E-state index in [4.69, 9.17) is 4.74 Å². The molecular formula is C19H28N6O. The molecule has 0 bridgehead atoms. The highest BCUT2D eigenvalue weighted by Gasteiger charge is 2.25. The first kappa shape index (κ1) is 18.3. The van der Waals surface area contributed by atoms with Crippen LogP contribution in [-0.2, 0) is 18.3 Å². The Kier molecular flexibility index (Phi) is 5.78. The molecule has 0 aliphatic carbocycles. The van der Waals surface area contributed by atoms with Crippen LogP contribution >= 0.6 is 0 Å². The molecule has 1 fully saturated rings. The average Bonchev–Trinajstić information content (AvgIpc) is 3.09. The van der Waals surface area contributed by atoms with Gasteiger partial charge < -0.3 is 19.9 Å². The molecule has 1 saturated heterocycles. The van der Waals surface area contributed by atoms with Gasteiger partial charge in [0.1, 0.15) is 6.10 Å². The Labute approximate surface area is 155 Å². The fourth-order valence-electron chi connectivity index (χ4n) is 3.08. The van der Waals surface area contributed by atoms with Crippen LogP contribution in [0.25, 0.3) is 0 Å². The van der Waals surface area contributed by atoms with E-state index in [1.54, 1.807) is 0 Å². The van der Waals surface area contributed by atoms with Crippen molar-refractivity contribution in [3.63, 3.8) is 0 Å². The van der Waals surface area contributed by atoms with E-state index >= 15 is 0 Å². The summed E-state index contributed by atoms with van der Waals surface area (Å²) >= 11 is 0. The standard InChI is InChI=1S/C19H28N6O/c1-20-19(21-11-15-5-7-17(8-6-15)23(2)3)25-9-10-26-18(14-25)16-12-22-24(4)13-16/h5-8,12-13,18H,9-11,14H2,1-4H3,(H,20,21). The van der Waals surface area contributed by atoms with E-state index < -0.39 is 0 Å². The third kappa shape index (κ3) is 4.35. The Morgan fingerprint density at radius 1 is 1.35 bits per heavy atom. The van der Waals surface area contributed by atoms with Crippen LogP contribution in [0.5, 0.6) is 0 Å². The molecule has 1 aliphatic heterocycles. The topological polar surface area (TPSA) is 57.9 Å². The molecule has 1 aliphatic rings. The number of hydrogen-bond acceptors (Lipinski definition) is 4. The summed E-state index contributed by atoms with van der Waals surface area (Å²) in [4.78, 5) is 8.80. The number of ether oxygens (including phenoxy) is 1. The molecule has 1 aromatic heterocycles. The van der Waals surface area contributed by atoms with Crippen molar-refractivity contribution >= 4 is 11.6 Å². The zero-order chi connectivity index (χ0) is 18.5. The van der Waals surface area contributed by atoms with Crippen LogP contribution in [0.15, 0.2) is 41.7 Å². The summed E-state index contributed by atoms with van der Waals surface area (Å²) < 4.78 is 7.73. The van der Waals surface area contributed by atoms with E-state index in [1.165, 1.54) is 11.3 Å². The van der Waals surface area contributed by atoms with Crippen molar-refractivity contribution in [2.75, 3.05) is 45.7 Å². The van der Waals surface area contributed by atoms with Crippen LogP contribution in [0.2, 0.25) is 0 Å². The fourth-order valence-corrected chi connectivity index (χ4v) is 3.08. The number of benzene rings is 1. The van der Waals surface area contributed by atoms with Crippen molar-refractivity contribution in [1.29, 1.82) is 0 Å². The second-order valence-electron chi connectivity index (χ2n) is 6.71. The van der Waals surface area contributed by atoms with Gasteiger partial charge in [0.25, 0.3) is 0 Å². The Hall–Kier alpha value is -2.54. The van der Waals surface area contributed by atoms with Gasteiger partial charge in [-0.2, -0.15) is 5.10 Å². The molecule has 0 spiro atoms. The van der Waals surface area contributed by atoms with Crippen molar-refractivity contribution in [1.82, 2.24) is 20.0 Å². The Morgan fingerprint density at radius 3 is 2.73 bits per heavy atom. The lowest BCUT2D eigenvalue weighted by molar-refractivity contribution is -0.00805. The number of aryl methyl sites for hydroxylation is 1. The minimum Gasteiger partial charge on any atom is -0.378 e. The van der Waals surface area contributed by atoms with Crippen molar-refractivity contribution in [2.45, 2.75) is 12.6 Å². The number of nitrogens with one attached hydrogen (secondary N) is 1. The number of anilines is 1. The van der Waals surface area contributed by atoms with Crippen molar-refractivity contribution in [2.24, 2.45) is 12.0 Å². The van der Waals surface area contributed by atoms with Crippen LogP contribution < -0.4 is 10.2 Å². The van der Waals surface area contributed by atoms with Crippen LogP contribution in [-0.4, -0.2) is 61.5 Å². The maximum atomic E-state index is 5.92. The predicted molar refractivity (Wildman–Crippen MR) is 104 cm³/mol. The van der Waals surface area contributed by atoms with Gasteiger partial charge in [0, 0.05) is 58.7 Å². The van der Waals surface area contributed by atoms with Gasteiger partial charge in [0.2, 0.25) is 0 Å². The smallest absolute Gasteiger partial charge is 0.194 e. The molecule has 0 saturated carbocycles. The van der Waals surface area contributed by atoms with Gasteiger partial charge in [-0.1, -0.05) is 12.1 Å². The number of rotatable bonds is 4. The first-order valence-corrected chi connectivity index (χ1v) is 8.89. The highest BCUT2D eigenvalue weighted by atomic mass is 16.5. The lowest BCUT2D eigenvalue weighted by Gasteiger charge is -2.34. The van der Waals surface area contributed by atoms with Gasteiger partial charge in [-0.25, -0.2) is 0 Å². The Morgan fingerprint density at radius 2 is 2.12 bits per heavy atom. The average molecular weight is 356 g/mol. The summed E-state index contributed by atoms with van der Waals surface area (Å²) in [5.74, 6) is 0.902. The summed E-state index contributed by atoms with van der Waals surface area (Å²) in [6, 6.07) is 8.56. The predicted octanol–water partition coefficient (Wildman–Crippen LogP) is 1.63. The molecule has 26 heavy (non-hydrogen) atoms. The highest BCUT2D eigenvalue weighted by Crippen LogP contribution is 2.21. The van der Waals surface area contributed by atoms with Crippen LogP contribution in [0, 0.1) is 0 Å². The zero-order valence-electron chi connectivity index (χ0n) is 16.0. The maximum absolute atomic E-state index is 5.92. The molecule has 0 amide bonds. The van der Waals surface area contributed by atoms with Crippen molar-refractivity contribution < 1.29 is 4.74 Å². The van der Waals surface area contributed by atoms with Crippen LogP contribution in [0.1, 0.15) is 17.2 Å². The normalized spacial score (nSPS) is 18.1. The Balaban J connectivity index is 1.59. The molecular weight excluding hydrogens is 328 g/mol. The first-order valence-electron chi connectivity index (χ1n) is 8.89. The van der Waals surface area contributed by atoms with Crippen molar-refractivity contribution in [3.8, 4) is 0 Å². The maximum Gasteiger partial charge on any atom is 0.194 e. The zero-order valence-corrected chi connectivity index (χ0v) is 16.0. The lowest BCUT2D eigenvalue weighted by atomic mass is 10.1. The largest absolute Gasteiger partial charge is 0.378 e. The molecule has 2 aromatic rings. The van der Waals surface area contributed by atoms with E-state index in [2.05, 4.69) is 49.5 Å². The van der Waals surface area contributed by atoms with Gasteiger partial charge >= 0.3 is 0 Å². The summed E-state index contributed by atoms with van der Waals surface area (Å²) in [5.41, 5.74) is 3.53. The molecule has 3 rings (SSSR count). The summed E-state index contributed by atoms with van der Waals surface area (Å²) in [6.45, 7) is 3.02. The molecule has 1 aromatic carbocycles. The number of guanidine groups is 1. The molecule has 140 valence electrons. The first-order chi connectivity index (χ1) is 12.6. The highest BCUT2D eigenvalue weighted by molar-refractivity contribution is 5.80. The Bertz CT molecular complexity index is 737. The van der Waals surface area contributed by atoms with Gasteiger partial charge in [-0.3, -0.25) is 9.67 Å². The van der Waals surface area contributed by atoms with Gasteiger partial charge in [0.05, 0.1) is 19.3 Å². The van der Waals surface area contributed by atoms with Gasteiger partial charge in [-0.15, -0.1) is 0 Å². The number of morpholine rings is 1. The quantitative estimate of drug-likeness (QED) is 0.667. The third-order valence-electron chi connectivity index (χ3n) is 4.58. The van der Waals surface area contributed by atoms with Crippen LogP contribution in [0.4, 0.5) is 5.69 Å². The monoisotopic (exact) mass is 356 g/mol. The lowest BCUT2D eigenvalue weighted by Crippen LogP contribution is -2.47. The number of hydrogen-bond donors (Lipinski definition) is 1. The second-order valence-corrected chi connectivity index (χ2v) is 6.71. The second kappa shape index (κ2) is 8.23. The van der Waals surface area contributed by atoms with Gasteiger partial charge in [-0.05, 0) is 17.7 Å². The fraction of sp³-hybridized carbons (Fsp3) is 0.474. The molecule has 1 atom stereocenters. The van der Waals surface area contributed by atoms with Crippen molar-refractivity contribution in [3.05, 3.63) is 47.8 Å². The summed E-state index contributed by atoms with van der Waals surface area (Å²) in [7, 11) is 7.84. The molecule has 7 heteroatoms. The SMILES string of the molecule is CN=C(NCc1ccc(N(C)C)cc1)N1CCOC(c2cnn(C)c2)C1. The number of aromatic nitrogens is 2. The minimum absolute atomic E-state index is 0.0235. The molecule has 7 nitrogen and oxygen atoms in total. The van der Waals surface area contributed by atoms with E-state index in [0.717, 1.165) is 31.2 Å².